The Bertz CT molecular complexity index is 602. The van der Waals surface area contributed by atoms with E-state index in [2.05, 4.69) is 15.9 Å². The van der Waals surface area contributed by atoms with Gasteiger partial charge in [0.1, 0.15) is 0 Å². The molecule has 0 bridgehead atoms. The molecule has 0 saturated heterocycles. The average Bonchev–Trinajstić information content (AvgIpc) is 2.30. The van der Waals surface area contributed by atoms with Crippen LogP contribution in [-0.4, -0.2) is 31.7 Å². The molecule has 1 rings (SSSR count). The van der Waals surface area contributed by atoms with Gasteiger partial charge in [-0.2, -0.15) is 4.31 Å². The number of benzene rings is 1. The summed E-state index contributed by atoms with van der Waals surface area (Å²) in [5, 5.41) is 0. The van der Waals surface area contributed by atoms with Crippen molar-refractivity contribution in [2.45, 2.75) is 18.7 Å². The lowest BCUT2D eigenvalue weighted by atomic mass is 10.2. The van der Waals surface area contributed by atoms with Crippen LogP contribution in [0.2, 0.25) is 0 Å². The zero-order valence-electron chi connectivity index (χ0n) is 11.3. The molecule has 8 heteroatoms. The molecule has 20 heavy (non-hydrogen) atoms. The monoisotopic (exact) mass is 363 g/mol. The van der Waals surface area contributed by atoms with Gasteiger partial charge in [-0.05, 0) is 40.0 Å². The van der Waals surface area contributed by atoms with E-state index >= 15 is 0 Å². The summed E-state index contributed by atoms with van der Waals surface area (Å²) >= 11 is 3.19. The third kappa shape index (κ3) is 4.19. The van der Waals surface area contributed by atoms with Crippen molar-refractivity contribution in [1.82, 2.24) is 4.31 Å². The standard InChI is InChI=1S/C12H18BrN3O3S/c1-8(2)6-16(7-12(15)17)20(18,19)9-3-4-11(14)10(13)5-9/h3-5,8H,6-7,14H2,1-2H3,(H2,15,17). The van der Waals surface area contributed by atoms with Crippen LogP contribution in [0.15, 0.2) is 27.6 Å². The van der Waals surface area contributed by atoms with Crippen molar-refractivity contribution in [3.8, 4) is 0 Å². The van der Waals surface area contributed by atoms with Crippen LogP contribution in [0.1, 0.15) is 13.8 Å². The van der Waals surface area contributed by atoms with Crippen molar-refractivity contribution in [2.24, 2.45) is 11.7 Å². The van der Waals surface area contributed by atoms with Gasteiger partial charge in [-0.25, -0.2) is 8.42 Å². The van der Waals surface area contributed by atoms with Gasteiger partial charge in [0, 0.05) is 16.7 Å². The molecule has 1 aromatic carbocycles. The highest BCUT2D eigenvalue weighted by atomic mass is 79.9. The molecule has 0 radical (unpaired) electrons. The summed E-state index contributed by atoms with van der Waals surface area (Å²) in [6.45, 7) is 3.60. The number of rotatable bonds is 6. The molecule has 0 aromatic heterocycles. The van der Waals surface area contributed by atoms with Gasteiger partial charge in [-0.3, -0.25) is 4.79 Å². The first-order chi connectivity index (χ1) is 9.14. The van der Waals surface area contributed by atoms with E-state index in [-0.39, 0.29) is 23.9 Å². The maximum Gasteiger partial charge on any atom is 0.243 e. The average molecular weight is 364 g/mol. The van der Waals surface area contributed by atoms with Crippen molar-refractivity contribution in [3.63, 3.8) is 0 Å². The highest BCUT2D eigenvalue weighted by Gasteiger charge is 2.27. The van der Waals surface area contributed by atoms with E-state index in [0.717, 1.165) is 4.31 Å². The number of carbonyl (C=O) groups is 1. The number of halogens is 1. The van der Waals surface area contributed by atoms with Crippen molar-refractivity contribution < 1.29 is 13.2 Å². The smallest absolute Gasteiger partial charge is 0.243 e. The van der Waals surface area contributed by atoms with Crippen LogP contribution in [0, 0.1) is 5.92 Å². The predicted molar refractivity (Wildman–Crippen MR) is 81.3 cm³/mol. The van der Waals surface area contributed by atoms with Gasteiger partial charge in [0.05, 0.1) is 11.4 Å². The summed E-state index contributed by atoms with van der Waals surface area (Å²) in [5.74, 6) is -0.620. The molecule has 6 nitrogen and oxygen atoms in total. The normalized spacial score (nSPS) is 12.1. The van der Waals surface area contributed by atoms with E-state index in [1.807, 2.05) is 13.8 Å². The molecule has 0 aliphatic carbocycles. The lowest BCUT2D eigenvalue weighted by Crippen LogP contribution is -2.40. The predicted octanol–water partition coefficient (Wildman–Crippen LogP) is 1.16. The molecule has 0 fully saturated rings. The first kappa shape index (κ1) is 16.9. The molecule has 0 aliphatic heterocycles. The second kappa shape index (κ2) is 6.55. The Hall–Kier alpha value is -1.12. The number of hydrogen-bond donors (Lipinski definition) is 2. The zero-order valence-corrected chi connectivity index (χ0v) is 13.7. The number of nitrogens with zero attached hydrogens (tertiary/aromatic N) is 1. The van der Waals surface area contributed by atoms with E-state index in [1.165, 1.54) is 18.2 Å². The molecule has 1 amide bonds. The number of sulfonamides is 1. The van der Waals surface area contributed by atoms with Gasteiger partial charge in [0.25, 0.3) is 0 Å². The highest BCUT2D eigenvalue weighted by molar-refractivity contribution is 9.10. The van der Waals surface area contributed by atoms with Gasteiger partial charge in [-0.1, -0.05) is 13.8 Å². The third-order valence-corrected chi connectivity index (χ3v) is 5.01. The fourth-order valence-electron chi connectivity index (χ4n) is 1.65. The topological polar surface area (TPSA) is 106 Å². The maximum absolute atomic E-state index is 12.5. The maximum atomic E-state index is 12.5. The summed E-state index contributed by atoms with van der Waals surface area (Å²) in [6.07, 6.45) is 0. The van der Waals surface area contributed by atoms with Crippen molar-refractivity contribution >= 4 is 37.5 Å². The molecule has 0 spiro atoms. The van der Waals surface area contributed by atoms with Crippen LogP contribution in [-0.2, 0) is 14.8 Å². The Kier molecular flexibility index (Phi) is 5.55. The van der Waals surface area contributed by atoms with Gasteiger partial charge in [0.15, 0.2) is 0 Å². The first-order valence-electron chi connectivity index (χ1n) is 5.98. The van der Waals surface area contributed by atoms with E-state index in [4.69, 9.17) is 11.5 Å². The van der Waals surface area contributed by atoms with Crippen molar-refractivity contribution in [2.75, 3.05) is 18.8 Å². The first-order valence-corrected chi connectivity index (χ1v) is 8.21. The molecule has 0 saturated carbocycles. The van der Waals surface area contributed by atoms with Crippen LogP contribution in [0.25, 0.3) is 0 Å². The van der Waals surface area contributed by atoms with Crippen LogP contribution < -0.4 is 11.5 Å². The fraction of sp³-hybridized carbons (Fsp3) is 0.417. The number of nitrogens with two attached hydrogens (primary N) is 2. The van der Waals surface area contributed by atoms with Gasteiger partial charge in [-0.15, -0.1) is 0 Å². The van der Waals surface area contributed by atoms with E-state index < -0.39 is 15.9 Å². The zero-order chi connectivity index (χ0) is 15.5. The van der Waals surface area contributed by atoms with Crippen molar-refractivity contribution in [1.29, 1.82) is 0 Å². The SMILES string of the molecule is CC(C)CN(CC(N)=O)S(=O)(=O)c1ccc(N)c(Br)c1. The summed E-state index contributed by atoms with van der Waals surface area (Å²) < 4.78 is 26.6. The van der Waals surface area contributed by atoms with Gasteiger partial charge >= 0.3 is 0 Å². The summed E-state index contributed by atoms with van der Waals surface area (Å²) in [5.41, 5.74) is 11.2. The minimum atomic E-state index is -3.78. The van der Waals surface area contributed by atoms with E-state index in [0.29, 0.717) is 10.2 Å². The van der Waals surface area contributed by atoms with Crippen LogP contribution in [0.4, 0.5) is 5.69 Å². The summed E-state index contributed by atoms with van der Waals surface area (Å²) in [4.78, 5) is 11.1. The Morgan fingerprint density at radius 2 is 2.00 bits per heavy atom. The number of hydrogen-bond acceptors (Lipinski definition) is 4. The van der Waals surface area contributed by atoms with E-state index in [1.54, 1.807) is 0 Å². The number of carbonyl (C=O) groups excluding carboxylic acids is 1. The van der Waals surface area contributed by atoms with Crippen molar-refractivity contribution in [3.05, 3.63) is 22.7 Å². The molecule has 0 unspecified atom stereocenters. The molecule has 0 aliphatic rings. The quantitative estimate of drug-likeness (QED) is 0.739. The number of amides is 1. The molecule has 112 valence electrons. The summed E-state index contributed by atoms with van der Waals surface area (Å²) in [6, 6.07) is 4.32. The number of nitrogen functional groups attached to an aromatic ring is 1. The molecular weight excluding hydrogens is 346 g/mol. The summed E-state index contributed by atoms with van der Waals surface area (Å²) in [7, 11) is -3.78. The minimum absolute atomic E-state index is 0.0699. The molecular formula is C12H18BrN3O3S. The third-order valence-electron chi connectivity index (χ3n) is 2.51. The largest absolute Gasteiger partial charge is 0.398 e. The number of primary amides is 1. The van der Waals surface area contributed by atoms with Gasteiger partial charge in [0.2, 0.25) is 15.9 Å². The molecule has 4 N–H and O–H groups in total. The van der Waals surface area contributed by atoms with E-state index in [9.17, 15) is 13.2 Å². The molecule has 0 heterocycles. The molecule has 0 atom stereocenters. The Balaban J connectivity index is 3.20. The minimum Gasteiger partial charge on any atom is -0.398 e. The van der Waals surface area contributed by atoms with Crippen LogP contribution in [0.5, 0.6) is 0 Å². The Morgan fingerprint density at radius 3 is 2.45 bits per heavy atom. The van der Waals surface area contributed by atoms with Gasteiger partial charge < -0.3 is 11.5 Å². The Morgan fingerprint density at radius 1 is 1.40 bits per heavy atom. The Labute approximate surface area is 127 Å². The number of anilines is 1. The highest BCUT2D eigenvalue weighted by Crippen LogP contribution is 2.25. The molecule has 1 aromatic rings. The van der Waals surface area contributed by atoms with Crippen LogP contribution >= 0.6 is 15.9 Å². The second-order valence-corrected chi connectivity index (χ2v) is 7.63. The van der Waals surface area contributed by atoms with Crippen LogP contribution in [0.3, 0.4) is 0 Å². The second-order valence-electron chi connectivity index (χ2n) is 4.84. The lowest BCUT2D eigenvalue weighted by molar-refractivity contribution is -0.118. The lowest BCUT2D eigenvalue weighted by Gasteiger charge is -2.22. The fourth-order valence-corrected chi connectivity index (χ4v) is 3.77.